The molecule has 0 aliphatic heterocycles. The Bertz CT molecular complexity index is 588. The Balaban J connectivity index is 2.04. The summed E-state index contributed by atoms with van der Waals surface area (Å²) in [6, 6.07) is 3.79. The maximum absolute atomic E-state index is 10.7. The van der Waals surface area contributed by atoms with E-state index >= 15 is 0 Å². The molecule has 0 aliphatic rings. The molecule has 2 aromatic rings. The second kappa shape index (κ2) is 8.99. The van der Waals surface area contributed by atoms with E-state index in [0.29, 0.717) is 29.7 Å². The predicted octanol–water partition coefficient (Wildman–Crippen LogP) is 2.57. The average molecular weight is 318 g/mol. The fourth-order valence-electron chi connectivity index (χ4n) is 2.38. The fourth-order valence-corrected chi connectivity index (χ4v) is 2.38. The number of unbranched alkanes of at least 4 members (excludes halogenated alkanes) is 2. The molecule has 1 amide bonds. The first kappa shape index (κ1) is 17.1. The molecule has 0 saturated carbocycles. The van der Waals surface area contributed by atoms with Gasteiger partial charge in [0.15, 0.2) is 0 Å². The molecule has 23 heavy (non-hydrogen) atoms. The Morgan fingerprint density at radius 2 is 2.09 bits per heavy atom. The molecule has 0 spiro atoms. The van der Waals surface area contributed by atoms with E-state index in [-0.39, 0.29) is 12.5 Å². The Labute approximate surface area is 135 Å². The van der Waals surface area contributed by atoms with Gasteiger partial charge in [0.25, 0.3) is 0 Å². The van der Waals surface area contributed by atoms with Gasteiger partial charge in [-0.3, -0.25) is 15.0 Å². The van der Waals surface area contributed by atoms with Gasteiger partial charge in [-0.15, -0.1) is 10.2 Å². The van der Waals surface area contributed by atoms with Crippen LogP contribution in [-0.2, 0) is 11.2 Å². The summed E-state index contributed by atoms with van der Waals surface area (Å²) in [5.74, 6) is 0.823. The molecule has 1 unspecified atom stereocenters. The molecule has 0 aliphatic carbocycles. The first-order valence-corrected chi connectivity index (χ1v) is 7.85. The third-order valence-electron chi connectivity index (χ3n) is 3.62. The van der Waals surface area contributed by atoms with E-state index in [2.05, 4.69) is 22.1 Å². The predicted molar refractivity (Wildman–Crippen MR) is 82.8 cm³/mol. The normalized spacial score (nSPS) is 12.1. The summed E-state index contributed by atoms with van der Waals surface area (Å²) in [7, 11) is 0. The highest BCUT2D eigenvalue weighted by molar-refractivity contribution is 5.44. The van der Waals surface area contributed by atoms with Crippen molar-refractivity contribution in [3.05, 3.63) is 41.9 Å². The van der Waals surface area contributed by atoms with Crippen molar-refractivity contribution in [3.8, 4) is 0 Å². The lowest BCUT2D eigenvalue weighted by molar-refractivity contribution is -0.151. The molecule has 0 bridgehead atoms. The molecule has 0 saturated heterocycles. The second-order valence-corrected chi connectivity index (χ2v) is 5.49. The summed E-state index contributed by atoms with van der Waals surface area (Å²) in [4.78, 5) is 14.6. The number of aromatic nitrogens is 3. The van der Waals surface area contributed by atoms with Crippen molar-refractivity contribution in [2.75, 3.05) is 6.54 Å². The van der Waals surface area contributed by atoms with Gasteiger partial charge in [-0.05, 0) is 24.1 Å². The number of carbonyl (C=O) groups excluding carboxylic acids is 1. The zero-order chi connectivity index (χ0) is 16.5. The SMILES string of the molecule is CCCCCC(CN(O)C=O)c1nnc(Cc2ccncc2)o1. The smallest absolute Gasteiger partial charge is 0.233 e. The Morgan fingerprint density at radius 3 is 2.78 bits per heavy atom. The van der Waals surface area contributed by atoms with Crippen molar-refractivity contribution in [3.63, 3.8) is 0 Å². The van der Waals surface area contributed by atoms with Crippen LogP contribution in [0.25, 0.3) is 0 Å². The van der Waals surface area contributed by atoms with E-state index in [9.17, 15) is 10.0 Å². The standard InChI is InChI=1S/C16H22N4O3/c1-2-3-4-5-14(11-20(22)12-21)16-19-18-15(23-16)10-13-6-8-17-9-7-13/h6-9,12,14,22H,2-5,10-11H2,1H3. The van der Waals surface area contributed by atoms with E-state index in [1.165, 1.54) is 0 Å². The van der Waals surface area contributed by atoms with Crippen LogP contribution in [0.3, 0.4) is 0 Å². The van der Waals surface area contributed by atoms with Gasteiger partial charge in [0, 0.05) is 12.4 Å². The molecular formula is C16H22N4O3. The quantitative estimate of drug-likeness (QED) is 0.313. The third-order valence-corrected chi connectivity index (χ3v) is 3.62. The van der Waals surface area contributed by atoms with Crippen LogP contribution in [0.5, 0.6) is 0 Å². The van der Waals surface area contributed by atoms with Crippen molar-refractivity contribution in [2.45, 2.75) is 44.9 Å². The highest BCUT2D eigenvalue weighted by atomic mass is 16.5. The molecular weight excluding hydrogens is 296 g/mol. The van der Waals surface area contributed by atoms with Gasteiger partial charge in [-0.2, -0.15) is 0 Å². The molecule has 2 aromatic heterocycles. The van der Waals surface area contributed by atoms with Crippen LogP contribution in [0.1, 0.15) is 55.9 Å². The van der Waals surface area contributed by atoms with Gasteiger partial charge in [0.05, 0.1) is 18.9 Å². The number of pyridine rings is 1. The Kier molecular flexibility index (Phi) is 6.68. The number of hydroxylamine groups is 2. The van der Waals surface area contributed by atoms with Crippen LogP contribution in [0.4, 0.5) is 0 Å². The molecule has 7 nitrogen and oxygen atoms in total. The highest BCUT2D eigenvalue weighted by Gasteiger charge is 2.21. The molecule has 0 fully saturated rings. The summed E-state index contributed by atoms with van der Waals surface area (Å²) in [5.41, 5.74) is 1.04. The van der Waals surface area contributed by atoms with Crippen molar-refractivity contribution >= 4 is 6.41 Å². The summed E-state index contributed by atoms with van der Waals surface area (Å²) in [6.45, 7) is 2.28. The summed E-state index contributed by atoms with van der Waals surface area (Å²) in [5, 5.41) is 18.2. The lowest BCUT2D eigenvalue weighted by Gasteiger charge is -2.16. The molecule has 1 atom stereocenters. The van der Waals surface area contributed by atoms with Crippen molar-refractivity contribution < 1.29 is 14.4 Å². The summed E-state index contributed by atoms with van der Waals surface area (Å²) < 4.78 is 5.73. The van der Waals surface area contributed by atoms with Crippen molar-refractivity contribution in [1.82, 2.24) is 20.2 Å². The average Bonchev–Trinajstić information content (AvgIpc) is 3.03. The van der Waals surface area contributed by atoms with Crippen LogP contribution in [-0.4, -0.2) is 38.4 Å². The summed E-state index contributed by atoms with van der Waals surface area (Å²) in [6.07, 6.45) is 8.31. The Morgan fingerprint density at radius 1 is 1.30 bits per heavy atom. The Hall–Kier alpha value is -2.28. The van der Waals surface area contributed by atoms with Crippen LogP contribution in [0.15, 0.2) is 28.9 Å². The second-order valence-electron chi connectivity index (χ2n) is 5.49. The molecule has 2 heterocycles. The monoisotopic (exact) mass is 318 g/mol. The van der Waals surface area contributed by atoms with Crippen molar-refractivity contribution in [1.29, 1.82) is 0 Å². The number of amides is 1. The van der Waals surface area contributed by atoms with Gasteiger partial charge >= 0.3 is 0 Å². The maximum atomic E-state index is 10.7. The van der Waals surface area contributed by atoms with E-state index in [1.807, 2.05) is 12.1 Å². The molecule has 0 radical (unpaired) electrons. The number of carbonyl (C=O) groups is 1. The maximum Gasteiger partial charge on any atom is 0.233 e. The lowest BCUT2D eigenvalue weighted by Crippen LogP contribution is -2.24. The van der Waals surface area contributed by atoms with Crippen molar-refractivity contribution in [2.24, 2.45) is 0 Å². The summed E-state index contributed by atoms with van der Waals surface area (Å²) >= 11 is 0. The first-order valence-electron chi connectivity index (χ1n) is 7.85. The number of nitrogens with zero attached hydrogens (tertiary/aromatic N) is 4. The topological polar surface area (TPSA) is 92.3 Å². The van der Waals surface area contributed by atoms with Gasteiger partial charge in [-0.1, -0.05) is 26.2 Å². The zero-order valence-electron chi connectivity index (χ0n) is 13.3. The minimum absolute atomic E-state index is 0.157. The zero-order valence-corrected chi connectivity index (χ0v) is 13.3. The van der Waals surface area contributed by atoms with E-state index in [0.717, 1.165) is 31.2 Å². The number of rotatable bonds is 10. The number of hydrogen-bond acceptors (Lipinski definition) is 6. The minimum atomic E-state index is -0.157. The van der Waals surface area contributed by atoms with Crippen LogP contribution in [0.2, 0.25) is 0 Å². The molecule has 2 rings (SSSR count). The largest absolute Gasteiger partial charge is 0.425 e. The van der Waals surface area contributed by atoms with Crippen LogP contribution in [0, 0.1) is 0 Å². The van der Waals surface area contributed by atoms with Crippen LogP contribution < -0.4 is 0 Å². The van der Waals surface area contributed by atoms with Gasteiger partial charge in [-0.25, -0.2) is 5.06 Å². The van der Waals surface area contributed by atoms with Gasteiger partial charge in [0.2, 0.25) is 18.2 Å². The van der Waals surface area contributed by atoms with E-state index in [1.54, 1.807) is 12.4 Å². The van der Waals surface area contributed by atoms with E-state index in [4.69, 9.17) is 4.42 Å². The minimum Gasteiger partial charge on any atom is -0.425 e. The number of hydrogen-bond donors (Lipinski definition) is 1. The first-order chi connectivity index (χ1) is 11.2. The molecule has 124 valence electrons. The van der Waals surface area contributed by atoms with Gasteiger partial charge < -0.3 is 4.42 Å². The third kappa shape index (κ3) is 5.45. The molecule has 0 aromatic carbocycles. The highest BCUT2D eigenvalue weighted by Crippen LogP contribution is 2.23. The molecule has 7 heteroatoms. The van der Waals surface area contributed by atoms with E-state index < -0.39 is 0 Å². The lowest BCUT2D eigenvalue weighted by atomic mass is 10.0. The fraction of sp³-hybridized carbons (Fsp3) is 0.500. The van der Waals surface area contributed by atoms with Crippen LogP contribution >= 0.6 is 0 Å². The van der Waals surface area contributed by atoms with Gasteiger partial charge in [0.1, 0.15) is 0 Å². The molecule has 1 N–H and O–H groups in total.